The van der Waals surface area contributed by atoms with Gasteiger partial charge in [-0.15, -0.1) is 0 Å². The van der Waals surface area contributed by atoms with E-state index < -0.39 is 5.60 Å². The molecule has 0 aromatic rings. The van der Waals surface area contributed by atoms with Gasteiger partial charge in [0, 0.05) is 6.61 Å². The quantitative estimate of drug-likeness (QED) is 0.490. The molecular weight excluding hydrogens is 130 g/mol. The van der Waals surface area contributed by atoms with Gasteiger partial charge >= 0.3 is 0 Å². The van der Waals surface area contributed by atoms with Gasteiger partial charge in [0.15, 0.2) is 0 Å². The lowest BCUT2D eigenvalue weighted by atomic mass is 9.90. The maximum Gasteiger partial charge on any atom is 0.0693 e. The summed E-state index contributed by atoms with van der Waals surface area (Å²) < 4.78 is 0. The van der Waals surface area contributed by atoms with Gasteiger partial charge in [-0.3, -0.25) is 0 Å². The predicted molar refractivity (Wildman–Crippen MR) is 38.8 cm³/mol. The average molecular weight is 145 g/mol. The van der Waals surface area contributed by atoms with Crippen molar-refractivity contribution in [2.75, 3.05) is 19.7 Å². The maximum atomic E-state index is 9.67. The first-order valence-electron chi connectivity index (χ1n) is 3.81. The van der Waals surface area contributed by atoms with Gasteiger partial charge in [0.2, 0.25) is 0 Å². The van der Waals surface area contributed by atoms with Crippen LogP contribution in [0, 0.1) is 0 Å². The number of nitrogens with one attached hydrogen (secondary N) is 1. The summed E-state index contributed by atoms with van der Waals surface area (Å²) in [5.41, 5.74) is -0.583. The third kappa shape index (κ3) is 1.94. The number of hydrogen-bond donors (Lipinski definition) is 3. The zero-order chi connectivity index (χ0) is 7.45. The highest BCUT2D eigenvalue weighted by atomic mass is 16.3. The highest BCUT2D eigenvalue weighted by Gasteiger charge is 2.27. The standard InChI is InChI=1S/C7H15NO2/c9-6-3-7(10)1-4-8-5-2-7/h8-10H,1-6H2. The maximum absolute atomic E-state index is 9.67. The molecular formula is C7H15NO2. The van der Waals surface area contributed by atoms with Crippen LogP contribution in [0.25, 0.3) is 0 Å². The molecule has 3 N–H and O–H groups in total. The smallest absolute Gasteiger partial charge is 0.0693 e. The minimum atomic E-state index is -0.583. The second kappa shape index (κ2) is 3.32. The van der Waals surface area contributed by atoms with Gasteiger partial charge in [0.1, 0.15) is 0 Å². The van der Waals surface area contributed by atoms with Crippen LogP contribution in [0.4, 0.5) is 0 Å². The lowest BCUT2D eigenvalue weighted by molar-refractivity contribution is -0.0103. The Labute approximate surface area is 61.1 Å². The second-order valence-corrected chi connectivity index (χ2v) is 2.95. The van der Waals surface area contributed by atoms with Crippen molar-refractivity contribution in [2.45, 2.75) is 24.9 Å². The summed E-state index contributed by atoms with van der Waals surface area (Å²) in [7, 11) is 0. The molecule has 3 nitrogen and oxygen atoms in total. The zero-order valence-electron chi connectivity index (χ0n) is 6.14. The lowest BCUT2D eigenvalue weighted by Crippen LogP contribution is -2.42. The Balaban J connectivity index is 2.32. The third-order valence-electron chi connectivity index (χ3n) is 2.11. The number of hydrogen-bond acceptors (Lipinski definition) is 3. The van der Waals surface area contributed by atoms with E-state index in [2.05, 4.69) is 5.32 Å². The summed E-state index contributed by atoms with van der Waals surface area (Å²) >= 11 is 0. The van der Waals surface area contributed by atoms with E-state index >= 15 is 0 Å². The zero-order valence-corrected chi connectivity index (χ0v) is 6.14. The van der Waals surface area contributed by atoms with Crippen LogP contribution in [0.2, 0.25) is 0 Å². The molecule has 1 aliphatic rings. The molecule has 0 unspecified atom stereocenters. The SMILES string of the molecule is OCCC1(O)CCNCC1. The summed E-state index contributed by atoms with van der Waals surface area (Å²) in [4.78, 5) is 0. The molecule has 0 aromatic carbocycles. The van der Waals surface area contributed by atoms with Crippen LogP contribution in [0.1, 0.15) is 19.3 Å². The first-order chi connectivity index (χ1) is 4.77. The van der Waals surface area contributed by atoms with Crippen molar-refractivity contribution >= 4 is 0 Å². The van der Waals surface area contributed by atoms with Gasteiger partial charge in [-0.1, -0.05) is 0 Å². The molecule has 1 heterocycles. The summed E-state index contributed by atoms with van der Waals surface area (Å²) in [5.74, 6) is 0. The number of aliphatic hydroxyl groups excluding tert-OH is 1. The van der Waals surface area contributed by atoms with Gasteiger partial charge < -0.3 is 15.5 Å². The van der Waals surface area contributed by atoms with Crippen molar-refractivity contribution in [3.05, 3.63) is 0 Å². The molecule has 60 valence electrons. The highest BCUT2D eigenvalue weighted by molar-refractivity contribution is 4.83. The Kier molecular flexibility index (Phi) is 2.65. The van der Waals surface area contributed by atoms with Crippen molar-refractivity contribution < 1.29 is 10.2 Å². The fourth-order valence-electron chi connectivity index (χ4n) is 1.35. The first-order valence-corrected chi connectivity index (χ1v) is 3.81. The topological polar surface area (TPSA) is 52.5 Å². The predicted octanol–water partition coefficient (Wildman–Crippen LogP) is -0.517. The van der Waals surface area contributed by atoms with E-state index in [0.717, 1.165) is 25.9 Å². The van der Waals surface area contributed by atoms with Crippen LogP contribution in [0.3, 0.4) is 0 Å². The van der Waals surface area contributed by atoms with Crippen molar-refractivity contribution in [1.82, 2.24) is 5.32 Å². The Bertz CT molecular complexity index is 94.3. The molecule has 1 fully saturated rings. The molecule has 3 heteroatoms. The van der Waals surface area contributed by atoms with E-state index in [1.807, 2.05) is 0 Å². The number of piperidine rings is 1. The summed E-state index contributed by atoms with van der Waals surface area (Å²) in [6, 6.07) is 0. The van der Waals surface area contributed by atoms with Gasteiger partial charge in [0.05, 0.1) is 5.60 Å². The van der Waals surface area contributed by atoms with E-state index in [-0.39, 0.29) is 6.61 Å². The fraction of sp³-hybridized carbons (Fsp3) is 1.00. The molecule has 0 amide bonds. The van der Waals surface area contributed by atoms with Crippen LogP contribution < -0.4 is 5.32 Å². The van der Waals surface area contributed by atoms with Gasteiger partial charge in [0.25, 0.3) is 0 Å². The summed E-state index contributed by atoms with van der Waals surface area (Å²) in [5, 5.41) is 21.4. The Hall–Kier alpha value is -0.120. The summed E-state index contributed by atoms with van der Waals surface area (Å²) in [6.07, 6.45) is 2.07. The monoisotopic (exact) mass is 145 g/mol. The molecule has 1 aliphatic heterocycles. The van der Waals surface area contributed by atoms with Gasteiger partial charge in [-0.25, -0.2) is 0 Å². The molecule has 1 saturated heterocycles. The van der Waals surface area contributed by atoms with E-state index in [0.29, 0.717) is 6.42 Å². The number of aliphatic hydroxyl groups is 2. The third-order valence-corrected chi connectivity index (χ3v) is 2.11. The highest BCUT2D eigenvalue weighted by Crippen LogP contribution is 2.20. The van der Waals surface area contributed by atoms with Gasteiger partial charge in [-0.2, -0.15) is 0 Å². The van der Waals surface area contributed by atoms with E-state index in [1.54, 1.807) is 0 Å². The van der Waals surface area contributed by atoms with Crippen LogP contribution in [-0.2, 0) is 0 Å². The molecule has 0 saturated carbocycles. The molecule has 1 rings (SSSR count). The fourth-order valence-corrected chi connectivity index (χ4v) is 1.35. The van der Waals surface area contributed by atoms with Crippen molar-refractivity contribution in [1.29, 1.82) is 0 Å². The lowest BCUT2D eigenvalue weighted by Gasteiger charge is -2.31. The van der Waals surface area contributed by atoms with Crippen LogP contribution in [-0.4, -0.2) is 35.5 Å². The minimum absolute atomic E-state index is 0.0938. The Morgan fingerprint density at radius 2 is 1.90 bits per heavy atom. The van der Waals surface area contributed by atoms with Crippen LogP contribution >= 0.6 is 0 Å². The molecule has 0 aromatic heterocycles. The Morgan fingerprint density at radius 1 is 1.30 bits per heavy atom. The van der Waals surface area contributed by atoms with E-state index in [1.165, 1.54) is 0 Å². The van der Waals surface area contributed by atoms with E-state index in [9.17, 15) is 5.11 Å². The van der Waals surface area contributed by atoms with Gasteiger partial charge in [-0.05, 0) is 32.4 Å². The number of rotatable bonds is 2. The van der Waals surface area contributed by atoms with Crippen LogP contribution in [0.15, 0.2) is 0 Å². The summed E-state index contributed by atoms with van der Waals surface area (Å²) in [6.45, 7) is 1.84. The largest absolute Gasteiger partial charge is 0.396 e. The molecule has 0 atom stereocenters. The minimum Gasteiger partial charge on any atom is -0.396 e. The molecule has 0 spiro atoms. The van der Waals surface area contributed by atoms with Crippen molar-refractivity contribution in [3.63, 3.8) is 0 Å². The molecule has 0 radical (unpaired) electrons. The Morgan fingerprint density at radius 3 is 2.40 bits per heavy atom. The second-order valence-electron chi connectivity index (χ2n) is 2.95. The molecule has 0 aliphatic carbocycles. The van der Waals surface area contributed by atoms with Crippen molar-refractivity contribution in [2.24, 2.45) is 0 Å². The van der Waals surface area contributed by atoms with E-state index in [4.69, 9.17) is 5.11 Å². The first kappa shape index (κ1) is 7.98. The van der Waals surface area contributed by atoms with Crippen molar-refractivity contribution in [3.8, 4) is 0 Å². The molecule has 0 bridgehead atoms. The normalized spacial score (nSPS) is 24.6. The molecule has 10 heavy (non-hydrogen) atoms. The average Bonchev–Trinajstić information content (AvgIpc) is 1.89. The van der Waals surface area contributed by atoms with Crippen LogP contribution in [0.5, 0.6) is 0 Å².